The number of rotatable bonds is 3. The third kappa shape index (κ3) is 2.97. The quantitative estimate of drug-likeness (QED) is 0.841. The number of carbonyl (C=O) groups excluding carboxylic acids is 1. The van der Waals surface area contributed by atoms with Crippen LogP contribution in [0.25, 0.3) is 0 Å². The molecule has 1 aromatic heterocycles. The Morgan fingerprint density at radius 1 is 1.53 bits per heavy atom. The first-order valence-corrected chi connectivity index (χ1v) is 6.43. The molecular weight excluding hydrogens is 236 g/mol. The Balaban J connectivity index is 2.05. The molecule has 0 unspecified atom stereocenters. The highest BCUT2D eigenvalue weighted by molar-refractivity contribution is 6.29. The first kappa shape index (κ1) is 12.4. The van der Waals surface area contributed by atoms with Gasteiger partial charge in [-0.15, -0.1) is 0 Å². The molecule has 3 nitrogen and oxygen atoms in total. The number of nitrogens with one attached hydrogen (secondary N) is 1. The van der Waals surface area contributed by atoms with E-state index in [1.54, 1.807) is 6.07 Å². The van der Waals surface area contributed by atoms with E-state index in [1.165, 1.54) is 0 Å². The summed E-state index contributed by atoms with van der Waals surface area (Å²) in [6.07, 6.45) is 2.93. The Morgan fingerprint density at radius 3 is 2.82 bits per heavy atom. The highest BCUT2D eigenvalue weighted by Gasteiger charge is 2.26. The molecule has 1 fully saturated rings. The minimum absolute atomic E-state index is 0.0408. The topological polar surface area (TPSA) is 42.0 Å². The van der Waals surface area contributed by atoms with Crippen molar-refractivity contribution in [1.29, 1.82) is 0 Å². The molecule has 2 rings (SSSR count). The Morgan fingerprint density at radius 2 is 2.24 bits per heavy atom. The maximum Gasteiger partial charge on any atom is 0.251 e. The summed E-state index contributed by atoms with van der Waals surface area (Å²) in [7, 11) is 0. The highest BCUT2D eigenvalue weighted by Crippen LogP contribution is 2.26. The molecule has 1 aliphatic rings. The zero-order valence-corrected chi connectivity index (χ0v) is 10.9. The summed E-state index contributed by atoms with van der Waals surface area (Å²) in [6.45, 7) is 4.19. The maximum atomic E-state index is 12.0. The highest BCUT2D eigenvalue weighted by atomic mass is 35.5. The van der Waals surface area contributed by atoms with Crippen molar-refractivity contribution in [3.05, 3.63) is 28.5 Å². The second kappa shape index (κ2) is 5.05. The summed E-state index contributed by atoms with van der Waals surface area (Å²) < 4.78 is 0. The van der Waals surface area contributed by atoms with Gasteiger partial charge >= 0.3 is 0 Å². The summed E-state index contributed by atoms with van der Waals surface area (Å²) in [5.74, 6) is 0.688. The average Bonchev–Trinajstić information content (AvgIpc) is 2.26. The summed E-state index contributed by atoms with van der Waals surface area (Å²) in [4.78, 5) is 16.1. The molecule has 1 heterocycles. The van der Waals surface area contributed by atoms with Crippen LogP contribution in [0.2, 0.25) is 5.15 Å². The third-order valence-electron chi connectivity index (χ3n) is 3.18. The van der Waals surface area contributed by atoms with Crippen LogP contribution in [0.15, 0.2) is 12.1 Å². The van der Waals surface area contributed by atoms with Gasteiger partial charge in [0.15, 0.2) is 0 Å². The van der Waals surface area contributed by atoms with Gasteiger partial charge in [0.1, 0.15) is 5.15 Å². The Hall–Kier alpha value is -1.09. The smallest absolute Gasteiger partial charge is 0.251 e. The minimum atomic E-state index is -0.0408. The van der Waals surface area contributed by atoms with E-state index in [-0.39, 0.29) is 5.91 Å². The van der Waals surface area contributed by atoms with Crippen molar-refractivity contribution in [2.75, 3.05) is 0 Å². The van der Waals surface area contributed by atoms with E-state index >= 15 is 0 Å². The molecular formula is C13H17ClN2O. The van der Waals surface area contributed by atoms with Crippen LogP contribution in [0.1, 0.15) is 42.7 Å². The van der Waals surface area contributed by atoms with Gasteiger partial charge in [-0.25, -0.2) is 4.98 Å². The van der Waals surface area contributed by atoms with Gasteiger partial charge in [-0.05, 0) is 37.3 Å². The van der Waals surface area contributed by atoms with Gasteiger partial charge in [0.2, 0.25) is 0 Å². The van der Waals surface area contributed by atoms with Gasteiger partial charge in [-0.2, -0.15) is 0 Å². The predicted octanol–water partition coefficient (Wildman–Crippen LogP) is 2.83. The van der Waals surface area contributed by atoms with Gasteiger partial charge in [0.05, 0.1) is 0 Å². The number of hydrogen-bond acceptors (Lipinski definition) is 2. The van der Waals surface area contributed by atoms with Crippen LogP contribution in [-0.2, 0) is 6.42 Å². The van der Waals surface area contributed by atoms with Gasteiger partial charge < -0.3 is 5.32 Å². The minimum Gasteiger partial charge on any atom is -0.349 e. The van der Waals surface area contributed by atoms with Crippen LogP contribution in [-0.4, -0.2) is 16.9 Å². The summed E-state index contributed by atoms with van der Waals surface area (Å²) in [6, 6.07) is 3.76. The van der Waals surface area contributed by atoms with E-state index in [4.69, 9.17) is 11.6 Å². The van der Waals surface area contributed by atoms with Crippen molar-refractivity contribution in [1.82, 2.24) is 10.3 Å². The zero-order chi connectivity index (χ0) is 12.4. The van der Waals surface area contributed by atoms with Gasteiger partial charge in [0.25, 0.3) is 5.91 Å². The lowest BCUT2D eigenvalue weighted by molar-refractivity contribution is 0.0896. The molecule has 1 N–H and O–H groups in total. The third-order valence-corrected chi connectivity index (χ3v) is 3.37. The Bertz CT molecular complexity index is 427. The molecule has 92 valence electrons. The lowest BCUT2D eigenvalue weighted by Gasteiger charge is -2.33. The van der Waals surface area contributed by atoms with Crippen LogP contribution in [0.4, 0.5) is 0 Å². The fraction of sp³-hybridized carbons (Fsp3) is 0.538. The lowest BCUT2D eigenvalue weighted by Crippen LogP contribution is -2.43. The van der Waals surface area contributed by atoms with E-state index in [0.29, 0.717) is 16.8 Å². The van der Waals surface area contributed by atoms with Crippen LogP contribution in [0.5, 0.6) is 0 Å². The molecule has 0 radical (unpaired) electrons. The van der Waals surface area contributed by atoms with E-state index in [1.807, 2.05) is 13.0 Å². The fourth-order valence-electron chi connectivity index (χ4n) is 2.15. The first-order valence-electron chi connectivity index (χ1n) is 6.05. The fourth-order valence-corrected chi connectivity index (χ4v) is 2.38. The molecule has 1 aliphatic carbocycles. The maximum absolute atomic E-state index is 12.0. The van der Waals surface area contributed by atoms with Gasteiger partial charge in [-0.3, -0.25) is 4.79 Å². The van der Waals surface area contributed by atoms with E-state index in [0.717, 1.165) is 30.9 Å². The summed E-state index contributed by atoms with van der Waals surface area (Å²) in [5, 5.41) is 3.40. The number of amides is 1. The van der Waals surface area contributed by atoms with Crippen molar-refractivity contribution in [3.63, 3.8) is 0 Å². The zero-order valence-electron chi connectivity index (χ0n) is 10.2. The van der Waals surface area contributed by atoms with E-state index in [2.05, 4.69) is 17.2 Å². The summed E-state index contributed by atoms with van der Waals surface area (Å²) >= 11 is 5.89. The van der Waals surface area contributed by atoms with Crippen molar-refractivity contribution >= 4 is 17.5 Å². The second-order valence-corrected chi connectivity index (χ2v) is 5.16. The molecule has 0 saturated heterocycles. The first-order chi connectivity index (χ1) is 8.08. The van der Waals surface area contributed by atoms with Gasteiger partial charge in [-0.1, -0.05) is 25.4 Å². The predicted molar refractivity (Wildman–Crippen MR) is 68.3 cm³/mol. The van der Waals surface area contributed by atoms with Crippen LogP contribution >= 0.6 is 11.6 Å². The largest absolute Gasteiger partial charge is 0.349 e. The Kier molecular flexibility index (Phi) is 3.67. The number of nitrogens with zero attached hydrogens (tertiary/aromatic N) is 1. The van der Waals surface area contributed by atoms with Crippen molar-refractivity contribution in [2.24, 2.45) is 5.92 Å². The molecule has 0 aliphatic heterocycles. The number of pyridine rings is 1. The standard InChI is InChI=1S/C13H17ClN2O/c1-3-10-6-9(7-12(14)15-10)13(17)16-11-4-8(2)5-11/h6-8,11H,3-5H2,1-2H3,(H,16,17). The number of carbonyl (C=O) groups is 1. The number of hydrogen-bond donors (Lipinski definition) is 1. The molecule has 1 saturated carbocycles. The normalized spacial score (nSPS) is 23.0. The van der Waals surface area contributed by atoms with Crippen molar-refractivity contribution in [2.45, 2.75) is 39.2 Å². The lowest BCUT2D eigenvalue weighted by atomic mass is 9.82. The monoisotopic (exact) mass is 252 g/mol. The van der Waals surface area contributed by atoms with Gasteiger partial charge in [0, 0.05) is 17.3 Å². The van der Waals surface area contributed by atoms with Crippen molar-refractivity contribution < 1.29 is 4.79 Å². The number of aryl methyl sites for hydroxylation is 1. The molecule has 0 bridgehead atoms. The van der Waals surface area contributed by atoms with E-state index in [9.17, 15) is 4.79 Å². The molecule has 17 heavy (non-hydrogen) atoms. The van der Waals surface area contributed by atoms with Crippen LogP contribution in [0, 0.1) is 5.92 Å². The number of halogens is 1. The SMILES string of the molecule is CCc1cc(C(=O)NC2CC(C)C2)cc(Cl)n1. The molecule has 0 atom stereocenters. The second-order valence-electron chi connectivity index (χ2n) is 4.77. The van der Waals surface area contributed by atoms with E-state index < -0.39 is 0 Å². The van der Waals surface area contributed by atoms with Crippen molar-refractivity contribution in [3.8, 4) is 0 Å². The molecule has 0 spiro atoms. The Labute approximate surface area is 107 Å². The molecule has 1 aromatic rings. The van der Waals surface area contributed by atoms with Crippen LogP contribution < -0.4 is 5.32 Å². The molecule has 4 heteroatoms. The summed E-state index contributed by atoms with van der Waals surface area (Å²) in [5.41, 5.74) is 1.46. The van der Waals surface area contributed by atoms with Crippen LogP contribution in [0.3, 0.4) is 0 Å². The average molecular weight is 253 g/mol. The number of aromatic nitrogens is 1. The molecule has 0 aromatic carbocycles. The molecule has 1 amide bonds.